The van der Waals surface area contributed by atoms with Gasteiger partial charge in [0, 0.05) is 6.42 Å². The topological polar surface area (TPSA) is 52.6 Å². The summed E-state index contributed by atoms with van der Waals surface area (Å²) in [6, 6.07) is 10.8. The van der Waals surface area contributed by atoms with Gasteiger partial charge in [-0.15, -0.1) is 6.58 Å². The van der Waals surface area contributed by atoms with Gasteiger partial charge in [0.25, 0.3) is 0 Å². The number of benzene rings is 2. The second kappa shape index (κ2) is 10.6. The molecular weight excluding hydrogens is 371 g/mol. The highest BCUT2D eigenvalue weighted by Gasteiger charge is 2.30. The smallest absolute Gasteiger partial charge is 0.341 e. The summed E-state index contributed by atoms with van der Waals surface area (Å²) in [4.78, 5) is 21.5. The van der Waals surface area contributed by atoms with Gasteiger partial charge in [0.1, 0.15) is 23.2 Å². The third-order valence-electron chi connectivity index (χ3n) is 4.36. The minimum absolute atomic E-state index is 0.00944. The van der Waals surface area contributed by atoms with Crippen LogP contribution in [-0.2, 0) is 22.4 Å². The highest BCUT2D eigenvalue weighted by molar-refractivity contribution is 5.93. The van der Waals surface area contributed by atoms with Gasteiger partial charge in [-0.1, -0.05) is 31.2 Å². The Kier molecular flexibility index (Phi) is 8.13. The van der Waals surface area contributed by atoms with Crippen LogP contribution in [0.4, 0.5) is 4.39 Å². The molecule has 0 radical (unpaired) electrons. The van der Waals surface area contributed by atoms with Crippen LogP contribution < -0.4 is 4.74 Å². The first-order chi connectivity index (χ1) is 13.8. The molecule has 0 bridgehead atoms. The van der Waals surface area contributed by atoms with Gasteiger partial charge in [0.2, 0.25) is 0 Å². The molecule has 29 heavy (non-hydrogen) atoms. The number of halogens is 1. The van der Waals surface area contributed by atoms with E-state index in [1.54, 1.807) is 24.3 Å². The molecule has 0 aromatic heterocycles. The largest absolute Gasteiger partial charge is 0.458 e. The number of ketones is 1. The fourth-order valence-corrected chi connectivity index (χ4v) is 2.91. The monoisotopic (exact) mass is 398 g/mol. The van der Waals surface area contributed by atoms with Gasteiger partial charge in [-0.05, 0) is 62.4 Å². The first kappa shape index (κ1) is 22.3. The maximum absolute atomic E-state index is 14.7. The van der Waals surface area contributed by atoms with Crippen LogP contribution in [0.3, 0.4) is 0 Å². The van der Waals surface area contributed by atoms with E-state index in [9.17, 15) is 14.0 Å². The summed E-state index contributed by atoms with van der Waals surface area (Å²) < 4.78 is 25.6. The number of hydrogen-bond acceptors (Lipinski definition) is 4. The highest BCUT2D eigenvalue weighted by atomic mass is 19.1. The Morgan fingerprint density at radius 1 is 1.24 bits per heavy atom. The molecule has 1 aliphatic heterocycles. The summed E-state index contributed by atoms with van der Waals surface area (Å²) in [7, 11) is 0. The highest BCUT2D eigenvalue weighted by Crippen LogP contribution is 2.32. The lowest BCUT2D eigenvalue weighted by Crippen LogP contribution is -2.28. The summed E-state index contributed by atoms with van der Waals surface area (Å²) in [5.41, 5.74) is 1.82. The van der Waals surface area contributed by atoms with Gasteiger partial charge in [-0.3, -0.25) is 0 Å². The van der Waals surface area contributed by atoms with Crippen LogP contribution in [0.25, 0.3) is 0 Å². The number of allylic oxidation sites excluding steroid dienone is 1. The Morgan fingerprint density at radius 2 is 1.90 bits per heavy atom. The van der Waals surface area contributed by atoms with Crippen molar-refractivity contribution >= 4 is 11.8 Å². The van der Waals surface area contributed by atoms with Gasteiger partial charge in [0.05, 0.1) is 0 Å². The number of cyclic esters (lactones) is 1. The van der Waals surface area contributed by atoms with E-state index in [1.165, 1.54) is 13.8 Å². The van der Waals surface area contributed by atoms with E-state index in [-0.39, 0.29) is 23.2 Å². The number of esters is 1. The van der Waals surface area contributed by atoms with Crippen LogP contribution in [0.5, 0.6) is 11.5 Å². The molecule has 0 saturated heterocycles. The Balaban J connectivity index is 0.000000687. The first-order valence-corrected chi connectivity index (χ1v) is 9.72. The second-order valence-corrected chi connectivity index (χ2v) is 7.03. The van der Waals surface area contributed by atoms with Crippen molar-refractivity contribution < 1.29 is 23.5 Å². The van der Waals surface area contributed by atoms with Crippen molar-refractivity contribution in [2.24, 2.45) is 0 Å². The maximum atomic E-state index is 14.7. The zero-order valence-electron chi connectivity index (χ0n) is 17.2. The maximum Gasteiger partial charge on any atom is 0.341 e. The van der Waals surface area contributed by atoms with Crippen LogP contribution in [0.2, 0.25) is 0 Å². The SMILES string of the molecule is C=CCCc1ccc(Oc2ccc3c(c2F)C(=O)OC(CC)C3)cc1.CC(C)=O. The summed E-state index contributed by atoms with van der Waals surface area (Å²) in [5, 5.41) is 0. The summed E-state index contributed by atoms with van der Waals surface area (Å²) in [6.45, 7) is 8.70. The van der Waals surface area contributed by atoms with Crippen LogP contribution >= 0.6 is 0 Å². The molecule has 0 aliphatic carbocycles. The van der Waals surface area contributed by atoms with Crippen molar-refractivity contribution in [1.82, 2.24) is 0 Å². The number of fused-ring (bicyclic) bond motifs is 1. The molecule has 0 N–H and O–H groups in total. The molecule has 3 rings (SSSR count). The fourth-order valence-electron chi connectivity index (χ4n) is 2.91. The Hall–Kier alpha value is -2.95. The molecule has 5 heteroatoms. The summed E-state index contributed by atoms with van der Waals surface area (Å²) >= 11 is 0. The van der Waals surface area contributed by atoms with Gasteiger partial charge >= 0.3 is 5.97 Å². The normalized spacial score (nSPS) is 14.8. The number of carbonyl (C=O) groups is 2. The number of ether oxygens (including phenoxy) is 2. The number of carbonyl (C=O) groups excluding carboxylic acids is 2. The van der Waals surface area contributed by atoms with E-state index in [4.69, 9.17) is 9.47 Å². The van der Waals surface area contributed by atoms with Crippen LogP contribution in [0.15, 0.2) is 49.1 Å². The van der Waals surface area contributed by atoms with E-state index in [0.29, 0.717) is 24.2 Å². The van der Waals surface area contributed by atoms with Crippen molar-refractivity contribution in [2.75, 3.05) is 0 Å². The van der Waals surface area contributed by atoms with Crippen molar-refractivity contribution in [2.45, 2.75) is 52.6 Å². The average molecular weight is 398 g/mol. The summed E-state index contributed by atoms with van der Waals surface area (Å²) in [5.74, 6) is -0.551. The standard InChI is InChI=1S/C21H21FO3.C3H6O/c1-3-5-6-14-7-10-17(11-8-14)24-18-12-9-15-13-16(4-2)25-21(23)19(15)20(18)22;1-3(2)4/h3,7-12,16H,1,4-6,13H2,2H3;1-2H3. The van der Waals surface area contributed by atoms with Gasteiger partial charge in [-0.2, -0.15) is 0 Å². The number of aryl methyl sites for hydroxylation is 1. The van der Waals surface area contributed by atoms with Crippen molar-refractivity contribution in [3.8, 4) is 11.5 Å². The third-order valence-corrected chi connectivity index (χ3v) is 4.36. The molecule has 0 spiro atoms. The lowest BCUT2D eigenvalue weighted by atomic mass is 9.96. The number of rotatable bonds is 6. The molecule has 154 valence electrons. The second-order valence-electron chi connectivity index (χ2n) is 7.03. The quantitative estimate of drug-likeness (QED) is 0.454. The van der Waals surface area contributed by atoms with Gasteiger partial charge in [0.15, 0.2) is 11.6 Å². The molecule has 2 aromatic carbocycles. The molecule has 4 nitrogen and oxygen atoms in total. The zero-order chi connectivity index (χ0) is 21.4. The lowest BCUT2D eigenvalue weighted by molar-refractivity contribution is -0.115. The Labute approximate surface area is 171 Å². The van der Waals surface area contributed by atoms with E-state index >= 15 is 0 Å². The molecule has 0 saturated carbocycles. The molecule has 2 aromatic rings. The molecular formula is C24H27FO4. The van der Waals surface area contributed by atoms with E-state index in [1.807, 2.05) is 25.1 Å². The van der Waals surface area contributed by atoms with Gasteiger partial charge in [-0.25, -0.2) is 9.18 Å². The van der Waals surface area contributed by atoms with E-state index in [2.05, 4.69) is 6.58 Å². The molecule has 0 amide bonds. The van der Waals surface area contributed by atoms with Gasteiger partial charge < -0.3 is 14.3 Å². The zero-order valence-corrected chi connectivity index (χ0v) is 17.2. The van der Waals surface area contributed by atoms with Crippen molar-refractivity contribution in [3.05, 3.63) is 71.6 Å². The van der Waals surface area contributed by atoms with Crippen LogP contribution in [0, 0.1) is 5.82 Å². The molecule has 0 fully saturated rings. The average Bonchev–Trinajstić information content (AvgIpc) is 2.68. The number of Topliss-reactive ketones (excluding diaryl/α,β-unsaturated/α-hetero) is 1. The first-order valence-electron chi connectivity index (χ1n) is 9.72. The predicted octanol–water partition coefficient (Wildman–Crippen LogP) is 5.82. The molecule has 1 heterocycles. The van der Waals surface area contributed by atoms with Crippen LogP contribution in [0.1, 0.15) is 55.1 Å². The Bertz CT molecular complexity index is 867. The fraction of sp³-hybridized carbons (Fsp3) is 0.333. The molecule has 1 atom stereocenters. The van der Waals surface area contributed by atoms with Crippen LogP contribution in [-0.4, -0.2) is 17.9 Å². The predicted molar refractivity (Wildman–Crippen MR) is 111 cm³/mol. The Morgan fingerprint density at radius 3 is 2.48 bits per heavy atom. The summed E-state index contributed by atoms with van der Waals surface area (Å²) in [6.07, 6.45) is 4.74. The molecule has 1 unspecified atom stereocenters. The minimum Gasteiger partial charge on any atom is -0.458 e. The van der Waals surface area contributed by atoms with Crippen molar-refractivity contribution in [1.29, 1.82) is 0 Å². The lowest BCUT2D eigenvalue weighted by Gasteiger charge is -2.24. The minimum atomic E-state index is -0.659. The molecule has 1 aliphatic rings. The van der Waals surface area contributed by atoms with E-state index < -0.39 is 11.8 Å². The van der Waals surface area contributed by atoms with Crippen molar-refractivity contribution in [3.63, 3.8) is 0 Å². The third kappa shape index (κ3) is 6.28. The van der Waals surface area contributed by atoms with E-state index in [0.717, 1.165) is 18.4 Å². The number of hydrogen-bond donors (Lipinski definition) is 0.